The number of carbonyl (C=O) groups is 1. The van der Waals surface area contributed by atoms with Crippen molar-refractivity contribution in [1.82, 2.24) is 9.78 Å². The van der Waals surface area contributed by atoms with E-state index in [1.54, 1.807) is 4.68 Å². The minimum Gasteiger partial charge on any atom is -0.310 e. The van der Waals surface area contributed by atoms with E-state index >= 15 is 0 Å². The summed E-state index contributed by atoms with van der Waals surface area (Å²) in [6.07, 6.45) is 0. The maximum atomic E-state index is 11.4. The van der Waals surface area contributed by atoms with Gasteiger partial charge in [0.25, 0.3) is 0 Å². The van der Waals surface area contributed by atoms with Crippen LogP contribution in [-0.4, -0.2) is 21.6 Å². The van der Waals surface area contributed by atoms with Crippen molar-refractivity contribution in [3.05, 3.63) is 41.1 Å². The molecule has 0 bridgehead atoms. The molecule has 0 unspecified atom stereocenters. The van der Waals surface area contributed by atoms with E-state index < -0.39 is 0 Å². The molecule has 2 rings (SSSR count). The van der Waals surface area contributed by atoms with Crippen LogP contribution in [0.5, 0.6) is 0 Å². The highest BCUT2D eigenvalue weighted by atomic mass is 35.5. The van der Waals surface area contributed by atoms with Gasteiger partial charge >= 0.3 is 0 Å². The largest absolute Gasteiger partial charge is 0.310 e. The Hall–Kier alpha value is -1.81. The summed E-state index contributed by atoms with van der Waals surface area (Å²) in [5.74, 6) is 0.321. The van der Waals surface area contributed by atoms with Gasteiger partial charge in [0.1, 0.15) is 11.7 Å². The fourth-order valence-corrected chi connectivity index (χ4v) is 1.96. The second-order valence-electron chi connectivity index (χ2n) is 4.55. The predicted octanol–water partition coefficient (Wildman–Crippen LogP) is 2.97. The van der Waals surface area contributed by atoms with E-state index in [2.05, 4.69) is 10.4 Å². The number of halogens is 1. The Morgan fingerprint density at radius 2 is 2.05 bits per heavy atom. The first-order valence-electron chi connectivity index (χ1n) is 6.01. The molecule has 1 aromatic heterocycles. The van der Waals surface area contributed by atoms with Crippen LogP contribution in [0.4, 0.5) is 5.82 Å². The first-order chi connectivity index (χ1) is 9.01. The summed E-state index contributed by atoms with van der Waals surface area (Å²) < 4.78 is 1.74. The number of aryl methyl sites for hydroxylation is 3. The molecule has 5 heteroatoms. The Morgan fingerprint density at radius 3 is 2.74 bits per heavy atom. The van der Waals surface area contributed by atoms with Gasteiger partial charge in [-0.15, -0.1) is 11.6 Å². The monoisotopic (exact) mass is 277 g/mol. The molecule has 0 atom stereocenters. The Kier molecular flexibility index (Phi) is 3.90. The van der Waals surface area contributed by atoms with E-state index in [0.29, 0.717) is 5.82 Å². The average Bonchev–Trinajstić information content (AvgIpc) is 2.73. The van der Waals surface area contributed by atoms with Crippen LogP contribution in [0, 0.1) is 20.8 Å². The van der Waals surface area contributed by atoms with Crippen molar-refractivity contribution in [3.8, 4) is 5.69 Å². The highest BCUT2D eigenvalue weighted by Crippen LogP contribution is 2.21. The highest BCUT2D eigenvalue weighted by Gasteiger charge is 2.12. The molecule has 0 aliphatic heterocycles. The van der Waals surface area contributed by atoms with E-state index in [-0.39, 0.29) is 11.8 Å². The lowest BCUT2D eigenvalue weighted by Crippen LogP contribution is -2.16. The fourth-order valence-electron chi connectivity index (χ4n) is 1.90. The van der Waals surface area contributed by atoms with Crippen molar-refractivity contribution in [2.45, 2.75) is 20.8 Å². The van der Waals surface area contributed by atoms with Crippen LogP contribution in [0.3, 0.4) is 0 Å². The second-order valence-corrected chi connectivity index (χ2v) is 4.82. The third-order valence-electron chi connectivity index (χ3n) is 2.81. The number of nitrogens with zero attached hydrogens (tertiary/aromatic N) is 2. The maximum absolute atomic E-state index is 11.4. The van der Waals surface area contributed by atoms with Gasteiger partial charge in [0, 0.05) is 6.07 Å². The zero-order chi connectivity index (χ0) is 14.0. The van der Waals surface area contributed by atoms with Crippen LogP contribution in [0.2, 0.25) is 0 Å². The molecule has 1 aromatic carbocycles. The van der Waals surface area contributed by atoms with Gasteiger partial charge in [-0.25, -0.2) is 4.68 Å². The first-order valence-corrected chi connectivity index (χ1v) is 6.55. The SMILES string of the molecule is Cc1ccc(C)c(-n2nc(C)cc2NC(=O)CCl)c1. The minimum absolute atomic E-state index is 0.0724. The van der Waals surface area contributed by atoms with Gasteiger partial charge in [0.2, 0.25) is 5.91 Å². The third kappa shape index (κ3) is 2.96. The molecule has 1 heterocycles. The van der Waals surface area contributed by atoms with Gasteiger partial charge in [-0.1, -0.05) is 12.1 Å². The number of benzene rings is 1. The molecule has 0 saturated carbocycles. The summed E-state index contributed by atoms with van der Waals surface area (Å²) in [6, 6.07) is 7.95. The first kappa shape index (κ1) is 13.6. The molecular formula is C14H16ClN3O. The molecule has 4 nitrogen and oxygen atoms in total. The number of hydrogen-bond donors (Lipinski definition) is 1. The maximum Gasteiger partial charge on any atom is 0.240 e. The molecule has 0 radical (unpaired) electrons. The third-order valence-corrected chi connectivity index (χ3v) is 3.06. The van der Waals surface area contributed by atoms with Crippen molar-refractivity contribution < 1.29 is 4.79 Å². The number of rotatable bonds is 3. The summed E-state index contributed by atoms with van der Waals surface area (Å²) in [5, 5.41) is 7.18. The molecule has 0 aliphatic rings. The molecule has 1 N–H and O–H groups in total. The molecule has 0 aliphatic carbocycles. The number of hydrogen-bond acceptors (Lipinski definition) is 2. The average molecular weight is 278 g/mol. The van der Waals surface area contributed by atoms with Crippen molar-refractivity contribution in [2.75, 3.05) is 11.2 Å². The zero-order valence-electron chi connectivity index (χ0n) is 11.2. The van der Waals surface area contributed by atoms with Crippen molar-refractivity contribution in [1.29, 1.82) is 0 Å². The number of alkyl halides is 1. The van der Waals surface area contributed by atoms with Crippen LogP contribution in [0.15, 0.2) is 24.3 Å². The molecule has 100 valence electrons. The summed E-state index contributed by atoms with van der Waals surface area (Å²) in [4.78, 5) is 11.4. The Labute approximate surface area is 117 Å². The van der Waals surface area contributed by atoms with Crippen LogP contribution < -0.4 is 5.32 Å². The molecular weight excluding hydrogens is 262 g/mol. The summed E-state index contributed by atoms with van der Waals surface area (Å²) in [7, 11) is 0. The van der Waals surface area contributed by atoms with E-state index in [4.69, 9.17) is 11.6 Å². The lowest BCUT2D eigenvalue weighted by Gasteiger charge is -2.11. The molecule has 2 aromatic rings. The van der Waals surface area contributed by atoms with Gasteiger partial charge in [-0.2, -0.15) is 5.10 Å². The highest BCUT2D eigenvalue weighted by molar-refractivity contribution is 6.29. The fraction of sp³-hybridized carbons (Fsp3) is 0.286. The zero-order valence-corrected chi connectivity index (χ0v) is 12.0. The number of aromatic nitrogens is 2. The normalized spacial score (nSPS) is 10.5. The Balaban J connectivity index is 2.49. The van der Waals surface area contributed by atoms with E-state index in [9.17, 15) is 4.79 Å². The number of nitrogens with one attached hydrogen (secondary N) is 1. The topological polar surface area (TPSA) is 46.9 Å². The van der Waals surface area contributed by atoms with Crippen LogP contribution in [0.1, 0.15) is 16.8 Å². The van der Waals surface area contributed by atoms with Gasteiger partial charge in [-0.05, 0) is 38.0 Å². The Morgan fingerprint density at radius 1 is 1.32 bits per heavy atom. The second kappa shape index (κ2) is 5.45. The molecule has 0 saturated heterocycles. The van der Waals surface area contributed by atoms with Crippen molar-refractivity contribution in [3.63, 3.8) is 0 Å². The predicted molar refractivity (Wildman–Crippen MR) is 77.1 cm³/mol. The van der Waals surface area contributed by atoms with Crippen LogP contribution in [0.25, 0.3) is 5.69 Å². The van der Waals surface area contributed by atoms with E-state index in [1.807, 2.05) is 45.0 Å². The quantitative estimate of drug-likeness (QED) is 0.877. The van der Waals surface area contributed by atoms with Crippen LogP contribution in [-0.2, 0) is 4.79 Å². The summed E-state index contributed by atoms with van der Waals surface area (Å²) in [5.41, 5.74) is 4.03. The molecule has 1 amide bonds. The van der Waals surface area contributed by atoms with E-state index in [0.717, 1.165) is 22.5 Å². The standard InChI is InChI=1S/C14H16ClN3O/c1-9-4-5-10(2)12(6-9)18-13(7-11(3)17-18)16-14(19)8-15/h4-7H,8H2,1-3H3,(H,16,19). The minimum atomic E-state index is -0.242. The number of amides is 1. The van der Waals surface area contributed by atoms with Crippen molar-refractivity contribution >= 4 is 23.3 Å². The van der Waals surface area contributed by atoms with Gasteiger partial charge < -0.3 is 5.32 Å². The van der Waals surface area contributed by atoms with Gasteiger partial charge in [-0.3, -0.25) is 4.79 Å². The lowest BCUT2D eigenvalue weighted by molar-refractivity contribution is -0.114. The molecule has 0 fully saturated rings. The summed E-state index contributed by atoms with van der Waals surface area (Å²) in [6.45, 7) is 5.92. The molecule has 0 spiro atoms. The van der Waals surface area contributed by atoms with Gasteiger partial charge in [0.05, 0.1) is 11.4 Å². The molecule has 19 heavy (non-hydrogen) atoms. The van der Waals surface area contributed by atoms with Gasteiger partial charge in [0.15, 0.2) is 0 Å². The number of anilines is 1. The van der Waals surface area contributed by atoms with Crippen LogP contribution >= 0.6 is 11.6 Å². The van der Waals surface area contributed by atoms with E-state index in [1.165, 1.54) is 0 Å². The Bertz CT molecular complexity index is 619. The number of carbonyl (C=O) groups excluding carboxylic acids is 1. The lowest BCUT2D eigenvalue weighted by atomic mass is 10.1. The van der Waals surface area contributed by atoms with Crippen molar-refractivity contribution in [2.24, 2.45) is 0 Å². The summed E-state index contributed by atoms with van der Waals surface area (Å²) >= 11 is 5.52. The smallest absolute Gasteiger partial charge is 0.240 e.